The predicted molar refractivity (Wildman–Crippen MR) is 25.9 cm³/mol. The van der Waals surface area contributed by atoms with Crippen molar-refractivity contribution < 1.29 is 8.78 Å². The molecule has 0 aliphatic rings. The van der Waals surface area contributed by atoms with Crippen LogP contribution in [0.4, 0.5) is 8.78 Å². The molecule has 0 aromatic carbocycles. The molecule has 0 aromatic heterocycles. The summed E-state index contributed by atoms with van der Waals surface area (Å²) >= 11 is 4.02. The lowest BCUT2D eigenvalue weighted by atomic mass is 10.7. The molecule has 0 aliphatic heterocycles. The molecule has 0 aromatic rings. The highest BCUT2D eigenvalue weighted by Gasteiger charge is 1.95. The summed E-state index contributed by atoms with van der Waals surface area (Å²) in [6.45, 7) is -0.524. The zero-order chi connectivity index (χ0) is 5.70. The maximum Gasteiger partial charge on any atom is 0.258 e. The first-order valence-electron chi connectivity index (χ1n) is 1.59. The lowest BCUT2D eigenvalue weighted by Gasteiger charge is -1.83. The summed E-state index contributed by atoms with van der Waals surface area (Å²) in [4.78, 5) is 2.99. The summed E-state index contributed by atoms with van der Waals surface area (Å²) in [5.41, 5.74) is 0. The summed E-state index contributed by atoms with van der Waals surface area (Å²) in [6.07, 6.45) is -2.39. The summed E-state index contributed by atoms with van der Waals surface area (Å²) in [5, 5.41) is 1.83. The second kappa shape index (κ2) is 3.84. The fourth-order valence-electron chi connectivity index (χ4n) is 0.106. The maximum absolute atomic E-state index is 11.0. The number of halogens is 2. The topological polar surface area (TPSA) is 12.4 Å². The standard InChI is InChI=1S/C3H3F2NS/c4-3(5)1-6-2-7/h3H,1H2. The van der Waals surface area contributed by atoms with Gasteiger partial charge in [-0.25, -0.2) is 13.8 Å². The van der Waals surface area contributed by atoms with E-state index in [-0.39, 0.29) is 0 Å². The molecule has 0 atom stereocenters. The average Bonchev–Trinajstić information content (AvgIpc) is 1.61. The van der Waals surface area contributed by atoms with Crippen molar-refractivity contribution in [3.63, 3.8) is 0 Å². The Morgan fingerprint density at radius 2 is 2.29 bits per heavy atom. The van der Waals surface area contributed by atoms with E-state index in [1.807, 2.05) is 5.16 Å². The molecule has 0 unspecified atom stereocenters. The summed E-state index contributed by atoms with van der Waals surface area (Å²) < 4.78 is 22.1. The van der Waals surface area contributed by atoms with Crippen LogP contribution in [0.3, 0.4) is 0 Å². The van der Waals surface area contributed by atoms with Crippen LogP contribution in [0.15, 0.2) is 4.99 Å². The first-order chi connectivity index (χ1) is 3.27. The van der Waals surface area contributed by atoms with Crippen molar-refractivity contribution in [2.75, 3.05) is 6.54 Å². The van der Waals surface area contributed by atoms with E-state index in [9.17, 15) is 8.78 Å². The number of rotatable bonds is 2. The number of nitrogens with zero attached hydrogens (tertiary/aromatic N) is 1. The molecule has 0 saturated heterocycles. The van der Waals surface area contributed by atoms with Gasteiger partial charge in [0.15, 0.2) is 0 Å². The second-order valence-electron chi connectivity index (χ2n) is 0.823. The molecule has 0 N–H and O–H groups in total. The van der Waals surface area contributed by atoms with Crippen molar-refractivity contribution in [3.05, 3.63) is 0 Å². The Morgan fingerprint density at radius 3 is 2.43 bits per heavy atom. The van der Waals surface area contributed by atoms with Gasteiger partial charge in [-0.15, -0.1) is 0 Å². The van der Waals surface area contributed by atoms with Crippen LogP contribution in [0.2, 0.25) is 0 Å². The molecule has 0 amide bonds. The van der Waals surface area contributed by atoms with Gasteiger partial charge in [0, 0.05) is 0 Å². The lowest BCUT2D eigenvalue weighted by molar-refractivity contribution is 0.159. The first-order valence-corrected chi connectivity index (χ1v) is 2.00. The smallest absolute Gasteiger partial charge is 0.227 e. The summed E-state index contributed by atoms with van der Waals surface area (Å²) in [6, 6.07) is 0. The van der Waals surface area contributed by atoms with Crippen molar-refractivity contribution >= 4 is 17.4 Å². The molecule has 40 valence electrons. The van der Waals surface area contributed by atoms with Gasteiger partial charge in [0.2, 0.25) is 0 Å². The highest BCUT2D eigenvalue weighted by Crippen LogP contribution is 1.89. The molecule has 0 saturated carbocycles. The zero-order valence-corrected chi connectivity index (χ0v) is 4.21. The van der Waals surface area contributed by atoms with E-state index in [0.29, 0.717) is 0 Å². The van der Waals surface area contributed by atoms with Gasteiger partial charge >= 0.3 is 0 Å². The van der Waals surface area contributed by atoms with E-state index in [2.05, 4.69) is 17.2 Å². The number of aliphatic imine (C=N–C) groups is 1. The highest BCUT2D eigenvalue weighted by molar-refractivity contribution is 7.78. The largest absolute Gasteiger partial charge is 0.258 e. The monoisotopic (exact) mass is 123 g/mol. The minimum absolute atomic E-state index is 0.524. The second-order valence-corrected chi connectivity index (χ2v) is 1.01. The Balaban J connectivity index is 3.13. The van der Waals surface area contributed by atoms with Crippen LogP contribution in [-0.2, 0) is 0 Å². The molecular formula is C3H3F2NS. The Labute approximate surface area is 45.1 Å². The lowest BCUT2D eigenvalue weighted by Crippen LogP contribution is -1.92. The van der Waals surface area contributed by atoms with E-state index in [0.717, 1.165) is 0 Å². The molecule has 0 rings (SSSR count). The van der Waals surface area contributed by atoms with Crippen molar-refractivity contribution in [1.82, 2.24) is 0 Å². The molecule has 4 heteroatoms. The number of alkyl halides is 2. The van der Waals surface area contributed by atoms with Gasteiger partial charge in [-0.05, 0) is 12.2 Å². The number of isothiocyanates is 1. The van der Waals surface area contributed by atoms with Crippen LogP contribution in [-0.4, -0.2) is 18.1 Å². The Hall–Kier alpha value is -0.340. The van der Waals surface area contributed by atoms with Crippen LogP contribution >= 0.6 is 12.2 Å². The van der Waals surface area contributed by atoms with E-state index in [1.165, 1.54) is 0 Å². The van der Waals surface area contributed by atoms with Gasteiger partial charge in [0.1, 0.15) is 6.54 Å². The van der Waals surface area contributed by atoms with Crippen LogP contribution in [0.1, 0.15) is 0 Å². The highest BCUT2D eigenvalue weighted by atomic mass is 32.1. The quantitative estimate of drug-likeness (QED) is 0.399. The van der Waals surface area contributed by atoms with E-state index in [4.69, 9.17) is 0 Å². The summed E-state index contributed by atoms with van der Waals surface area (Å²) in [5.74, 6) is 0. The van der Waals surface area contributed by atoms with E-state index < -0.39 is 13.0 Å². The van der Waals surface area contributed by atoms with Gasteiger partial charge in [0.05, 0.1) is 5.16 Å². The third-order valence-electron chi connectivity index (χ3n) is 0.294. The number of hydrogen-bond donors (Lipinski definition) is 0. The third kappa shape index (κ3) is 5.66. The summed E-state index contributed by atoms with van der Waals surface area (Å²) in [7, 11) is 0. The number of hydrogen-bond acceptors (Lipinski definition) is 2. The van der Waals surface area contributed by atoms with Crippen molar-refractivity contribution in [2.45, 2.75) is 6.43 Å². The van der Waals surface area contributed by atoms with Crippen molar-refractivity contribution in [3.8, 4) is 0 Å². The van der Waals surface area contributed by atoms with Crippen LogP contribution < -0.4 is 0 Å². The van der Waals surface area contributed by atoms with Gasteiger partial charge in [-0.2, -0.15) is 0 Å². The van der Waals surface area contributed by atoms with Crippen LogP contribution in [0.25, 0.3) is 0 Å². The molecule has 0 aliphatic carbocycles. The van der Waals surface area contributed by atoms with Crippen molar-refractivity contribution in [1.29, 1.82) is 0 Å². The first kappa shape index (κ1) is 6.66. The third-order valence-corrected chi connectivity index (χ3v) is 0.423. The fraction of sp³-hybridized carbons (Fsp3) is 0.667. The minimum atomic E-state index is -2.39. The molecule has 0 heterocycles. The Bertz CT molecular complexity index is 86.9. The minimum Gasteiger partial charge on any atom is -0.227 e. The van der Waals surface area contributed by atoms with Crippen LogP contribution in [0, 0.1) is 0 Å². The van der Waals surface area contributed by atoms with Crippen molar-refractivity contribution in [2.24, 2.45) is 4.99 Å². The maximum atomic E-state index is 11.0. The Kier molecular flexibility index (Phi) is 3.65. The molecular weight excluding hydrogens is 120 g/mol. The SMILES string of the molecule is FC(F)CN=C=S. The fourth-order valence-corrected chi connectivity index (χ4v) is 0.181. The van der Waals surface area contributed by atoms with Crippen LogP contribution in [0.5, 0.6) is 0 Å². The zero-order valence-electron chi connectivity index (χ0n) is 3.40. The van der Waals surface area contributed by atoms with Gasteiger partial charge in [-0.1, -0.05) is 0 Å². The molecule has 0 bridgehead atoms. The normalized spacial score (nSPS) is 8.43. The molecule has 7 heavy (non-hydrogen) atoms. The Morgan fingerprint density at radius 1 is 1.71 bits per heavy atom. The molecule has 1 nitrogen and oxygen atoms in total. The van der Waals surface area contributed by atoms with Gasteiger partial charge < -0.3 is 0 Å². The molecule has 0 radical (unpaired) electrons. The van der Waals surface area contributed by atoms with E-state index in [1.54, 1.807) is 0 Å². The van der Waals surface area contributed by atoms with Gasteiger partial charge in [-0.3, -0.25) is 0 Å². The van der Waals surface area contributed by atoms with E-state index >= 15 is 0 Å². The predicted octanol–water partition coefficient (Wildman–Crippen LogP) is 1.35. The average molecular weight is 123 g/mol. The molecule has 0 fully saturated rings. The van der Waals surface area contributed by atoms with Gasteiger partial charge in [0.25, 0.3) is 6.43 Å². The number of thiocarbonyl (C=S) groups is 1. The molecule has 0 spiro atoms.